The number of likely N-dealkylation sites (tertiary alicyclic amines) is 1. The van der Waals surface area contributed by atoms with Crippen LogP contribution >= 0.6 is 0 Å². The smallest absolute Gasteiger partial charge is 0.243 e. The van der Waals surface area contributed by atoms with E-state index < -0.39 is 0 Å². The molecule has 1 N–H and O–H groups in total. The molecular formula is C12H22N2O. The van der Waals surface area contributed by atoms with Crippen LogP contribution in [0.25, 0.3) is 0 Å². The van der Waals surface area contributed by atoms with Gasteiger partial charge in [-0.2, -0.15) is 0 Å². The summed E-state index contributed by atoms with van der Waals surface area (Å²) in [6.07, 6.45) is 5.78. The van der Waals surface area contributed by atoms with E-state index in [9.17, 15) is 4.79 Å². The van der Waals surface area contributed by atoms with Crippen LogP contribution in [0, 0.1) is 5.92 Å². The molecule has 1 aliphatic rings. The number of hydrogen-bond donors (Lipinski definition) is 1. The molecule has 0 unspecified atom stereocenters. The Hall–Kier alpha value is -0.830. The highest BCUT2D eigenvalue weighted by atomic mass is 16.1. The monoisotopic (exact) mass is 210 g/mol. The second-order valence-electron chi connectivity index (χ2n) is 4.12. The lowest BCUT2D eigenvalue weighted by Gasteiger charge is -2.30. The minimum Gasteiger partial charge on any atom is -0.352 e. The molecule has 1 aliphatic heterocycles. The molecule has 15 heavy (non-hydrogen) atoms. The maximum absolute atomic E-state index is 11.2. The Morgan fingerprint density at radius 1 is 1.47 bits per heavy atom. The fourth-order valence-corrected chi connectivity index (χ4v) is 1.96. The van der Waals surface area contributed by atoms with Gasteiger partial charge in [-0.25, -0.2) is 0 Å². The van der Waals surface area contributed by atoms with Gasteiger partial charge in [0.15, 0.2) is 0 Å². The maximum atomic E-state index is 11.2. The molecule has 0 aromatic heterocycles. The number of carbonyl (C=O) groups excluding carboxylic acids is 1. The summed E-state index contributed by atoms with van der Waals surface area (Å²) in [5, 5.41) is 2.94. The zero-order chi connectivity index (χ0) is 11.1. The van der Waals surface area contributed by atoms with Crippen LogP contribution in [0.2, 0.25) is 0 Å². The standard InChI is InChI=1S/C12H22N2O/c1-3-5-12(15)13-10-11-6-8-14(4-2)9-7-11/h3,5,11H,4,6-10H2,1-2H3,(H,13,15). The summed E-state index contributed by atoms with van der Waals surface area (Å²) in [5.41, 5.74) is 0. The van der Waals surface area contributed by atoms with Crippen molar-refractivity contribution in [3.8, 4) is 0 Å². The molecule has 1 saturated heterocycles. The summed E-state index contributed by atoms with van der Waals surface area (Å²) < 4.78 is 0. The van der Waals surface area contributed by atoms with Crippen molar-refractivity contribution in [1.29, 1.82) is 0 Å². The van der Waals surface area contributed by atoms with E-state index in [0.29, 0.717) is 5.92 Å². The zero-order valence-corrected chi connectivity index (χ0v) is 9.83. The fraction of sp³-hybridized carbons (Fsp3) is 0.750. The highest BCUT2D eigenvalue weighted by Gasteiger charge is 2.17. The molecule has 0 atom stereocenters. The summed E-state index contributed by atoms with van der Waals surface area (Å²) >= 11 is 0. The van der Waals surface area contributed by atoms with Gasteiger partial charge in [0.1, 0.15) is 0 Å². The fourth-order valence-electron chi connectivity index (χ4n) is 1.96. The van der Waals surface area contributed by atoms with Crippen molar-refractivity contribution in [3.63, 3.8) is 0 Å². The van der Waals surface area contributed by atoms with Crippen molar-refractivity contribution >= 4 is 5.91 Å². The summed E-state index contributed by atoms with van der Waals surface area (Å²) in [6, 6.07) is 0. The van der Waals surface area contributed by atoms with Gasteiger partial charge in [-0.05, 0) is 51.4 Å². The van der Waals surface area contributed by atoms with Gasteiger partial charge in [-0.15, -0.1) is 0 Å². The molecule has 3 heteroatoms. The first-order chi connectivity index (χ1) is 7.26. The maximum Gasteiger partial charge on any atom is 0.243 e. The Labute approximate surface area is 92.5 Å². The Balaban J connectivity index is 2.16. The number of nitrogens with zero attached hydrogens (tertiary/aromatic N) is 1. The molecule has 1 fully saturated rings. The summed E-state index contributed by atoms with van der Waals surface area (Å²) in [5.74, 6) is 0.706. The van der Waals surface area contributed by atoms with E-state index in [-0.39, 0.29) is 5.91 Å². The van der Waals surface area contributed by atoms with E-state index in [0.717, 1.165) is 13.1 Å². The van der Waals surface area contributed by atoms with E-state index in [1.54, 1.807) is 12.2 Å². The van der Waals surface area contributed by atoms with Crippen LogP contribution in [0.1, 0.15) is 26.7 Å². The average Bonchev–Trinajstić information content (AvgIpc) is 2.27. The molecule has 0 aromatic rings. The van der Waals surface area contributed by atoms with Gasteiger partial charge in [0.05, 0.1) is 0 Å². The molecule has 1 heterocycles. The average molecular weight is 210 g/mol. The summed E-state index contributed by atoms with van der Waals surface area (Å²) in [7, 11) is 0. The minimum atomic E-state index is 0.0374. The number of nitrogens with one attached hydrogen (secondary N) is 1. The SMILES string of the molecule is CC=CC(=O)NCC1CCN(CC)CC1. The quantitative estimate of drug-likeness (QED) is 0.712. The van der Waals surface area contributed by atoms with Gasteiger partial charge in [0.2, 0.25) is 5.91 Å². The van der Waals surface area contributed by atoms with Crippen molar-refractivity contribution in [2.45, 2.75) is 26.7 Å². The van der Waals surface area contributed by atoms with E-state index in [1.807, 2.05) is 6.92 Å². The van der Waals surface area contributed by atoms with Crippen LogP contribution in [0.3, 0.4) is 0 Å². The first kappa shape index (κ1) is 12.2. The Kier molecular flexibility index (Phi) is 5.40. The Morgan fingerprint density at radius 3 is 2.67 bits per heavy atom. The topological polar surface area (TPSA) is 32.3 Å². The van der Waals surface area contributed by atoms with Crippen molar-refractivity contribution in [2.75, 3.05) is 26.2 Å². The van der Waals surface area contributed by atoms with Gasteiger partial charge in [-0.3, -0.25) is 4.79 Å². The number of amides is 1. The Morgan fingerprint density at radius 2 is 2.13 bits per heavy atom. The molecule has 86 valence electrons. The van der Waals surface area contributed by atoms with Crippen molar-refractivity contribution in [1.82, 2.24) is 10.2 Å². The number of rotatable bonds is 4. The molecule has 0 saturated carbocycles. The van der Waals surface area contributed by atoms with Gasteiger partial charge < -0.3 is 10.2 Å². The number of piperidine rings is 1. The molecular weight excluding hydrogens is 188 g/mol. The van der Waals surface area contributed by atoms with E-state index in [1.165, 1.54) is 25.9 Å². The van der Waals surface area contributed by atoms with Crippen molar-refractivity contribution < 1.29 is 4.79 Å². The highest BCUT2D eigenvalue weighted by Crippen LogP contribution is 2.15. The third-order valence-corrected chi connectivity index (χ3v) is 3.04. The predicted molar refractivity (Wildman–Crippen MR) is 62.7 cm³/mol. The number of hydrogen-bond acceptors (Lipinski definition) is 2. The first-order valence-corrected chi connectivity index (χ1v) is 5.89. The molecule has 0 spiro atoms. The Bertz CT molecular complexity index is 218. The second-order valence-corrected chi connectivity index (χ2v) is 4.12. The zero-order valence-electron chi connectivity index (χ0n) is 9.83. The van der Waals surface area contributed by atoms with Crippen LogP contribution in [0.15, 0.2) is 12.2 Å². The van der Waals surface area contributed by atoms with Gasteiger partial charge in [-0.1, -0.05) is 13.0 Å². The first-order valence-electron chi connectivity index (χ1n) is 5.89. The molecule has 1 rings (SSSR count). The molecule has 0 radical (unpaired) electrons. The summed E-state index contributed by atoms with van der Waals surface area (Å²) in [6.45, 7) is 8.41. The van der Waals surface area contributed by atoms with E-state index in [2.05, 4.69) is 17.1 Å². The van der Waals surface area contributed by atoms with E-state index in [4.69, 9.17) is 0 Å². The van der Waals surface area contributed by atoms with Crippen LogP contribution in [-0.4, -0.2) is 37.0 Å². The third-order valence-electron chi connectivity index (χ3n) is 3.04. The highest BCUT2D eigenvalue weighted by molar-refractivity contribution is 5.87. The number of carbonyl (C=O) groups is 1. The van der Waals surface area contributed by atoms with Gasteiger partial charge in [0.25, 0.3) is 0 Å². The van der Waals surface area contributed by atoms with Crippen molar-refractivity contribution in [2.24, 2.45) is 5.92 Å². The minimum absolute atomic E-state index is 0.0374. The molecule has 3 nitrogen and oxygen atoms in total. The van der Waals surface area contributed by atoms with Gasteiger partial charge >= 0.3 is 0 Å². The normalized spacial score (nSPS) is 19.6. The second kappa shape index (κ2) is 6.62. The van der Waals surface area contributed by atoms with Gasteiger partial charge in [0, 0.05) is 6.54 Å². The molecule has 0 aliphatic carbocycles. The van der Waals surface area contributed by atoms with Crippen molar-refractivity contribution in [3.05, 3.63) is 12.2 Å². The third kappa shape index (κ3) is 4.47. The van der Waals surface area contributed by atoms with Crippen LogP contribution in [0.4, 0.5) is 0 Å². The molecule has 0 aromatic carbocycles. The lowest BCUT2D eigenvalue weighted by molar-refractivity contribution is -0.116. The summed E-state index contributed by atoms with van der Waals surface area (Å²) in [4.78, 5) is 13.7. The van der Waals surface area contributed by atoms with Crippen LogP contribution < -0.4 is 5.32 Å². The molecule has 1 amide bonds. The lowest BCUT2D eigenvalue weighted by atomic mass is 9.97. The van der Waals surface area contributed by atoms with Crippen LogP contribution in [-0.2, 0) is 4.79 Å². The number of allylic oxidation sites excluding steroid dienone is 1. The van der Waals surface area contributed by atoms with Crippen LogP contribution in [0.5, 0.6) is 0 Å². The largest absolute Gasteiger partial charge is 0.352 e. The molecule has 0 bridgehead atoms. The van der Waals surface area contributed by atoms with E-state index >= 15 is 0 Å². The lowest BCUT2D eigenvalue weighted by Crippen LogP contribution is -2.38. The predicted octanol–water partition coefficient (Wildman–Crippen LogP) is 1.41.